The molecule has 2 aromatic carbocycles. The Labute approximate surface area is 198 Å². The van der Waals surface area contributed by atoms with Crippen molar-refractivity contribution in [3.8, 4) is 0 Å². The monoisotopic (exact) mass is 452 g/mol. The summed E-state index contributed by atoms with van der Waals surface area (Å²) in [5.74, 6) is -0.391. The Hall–Kier alpha value is -3.64. The molecule has 2 aliphatic rings. The summed E-state index contributed by atoms with van der Waals surface area (Å²) in [6.45, 7) is 4.98. The number of carbonyl (C=O) groups excluding carboxylic acids is 2. The van der Waals surface area contributed by atoms with Gasteiger partial charge in [0.25, 0.3) is 11.8 Å². The first-order chi connectivity index (χ1) is 16.3. The fraction of sp³-hybridized carbons (Fsp3) is 0.286. The van der Waals surface area contributed by atoms with Crippen LogP contribution in [0.1, 0.15) is 37.1 Å². The van der Waals surface area contributed by atoms with Gasteiger partial charge in [0.15, 0.2) is 0 Å². The first-order valence-corrected chi connectivity index (χ1v) is 11.8. The molecular weight excluding hydrogens is 424 g/mol. The summed E-state index contributed by atoms with van der Waals surface area (Å²) in [6, 6.07) is 16.2. The van der Waals surface area contributed by atoms with Crippen LogP contribution < -0.4 is 11.1 Å². The number of amides is 2. The number of rotatable bonds is 3. The van der Waals surface area contributed by atoms with Crippen LogP contribution in [0, 0.1) is 5.92 Å². The maximum atomic E-state index is 13.4. The number of imide groups is 1. The number of hydrogen-bond donors (Lipinski definition) is 2. The average Bonchev–Trinajstić information content (AvgIpc) is 3.41. The van der Waals surface area contributed by atoms with Gasteiger partial charge in [-0.05, 0) is 44.7 Å². The van der Waals surface area contributed by atoms with Gasteiger partial charge in [-0.15, -0.1) is 0 Å². The fourth-order valence-corrected chi connectivity index (χ4v) is 5.85. The summed E-state index contributed by atoms with van der Waals surface area (Å²) in [4.78, 5) is 26.6. The van der Waals surface area contributed by atoms with Crippen LogP contribution in [0.25, 0.3) is 33.0 Å². The van der Waals surface area contributed by atoms with Gasteiger partial charge < -0.3 is 14.9 Å². The highest BCUT2D eigenvalue weighted by atomic mass is 16.2. The highest BCUT2D eigenvalue weighted by Crippen LogP contribution is 2.43. The SMILES string of the molecule is Cn1cc(C2=C(c3c4n(c5ccccc35)CC[C@H](C(C)(C)N)C4)C(=O)NC2=O)c2ccccc21. The summed E-state index contributed by atoms with van der Waals surface area (Å²) < 4.78 is 4.32. The number of nitrogens with zero attached hydrogens (tertiary/aromatic N) is 2. The van der Waals surface area contributed by atoms with Crippen LogP contribution in [0.4, 0.5) is 0 Å². The molecule has 172 valence electrons. The molecule has 6 nitrogen and oxygen atoms in total. The normalized spacial score (nSPS) is 18.8. The van der Waals surface area contributed by atoms with Gasteiger partial charge in [0, 0.05) is 64.0 Å². The van der Waals surface area contributed by atoms with Crippen molar-refractivity contribution in [2.45, 2.75) is 38.8 Å². The molecule has 0 bridgehead atoms. The van der Waals surface area contributed by atoms with Crippen LogP contribution in [0.3, 0.4) is 0 Å². The number of nitrogens with two attached hydrogens (primary N) is 1. The first-order valence-electron chi connectivity index (χ1n) is 11.8. The lowest BCUT2D eigenvalue weighted by Crippen LogP contribution is -2.44. The van der Waals surface area contributed by atoms with Crippen molar-refractivity contribution in [1.29, 1.82) is 0 Å². The van der Waals surface area contributed by atoms with Gasteiger partial charge in [-0.25, -0.2) is 0 Å². The van der Waals surface area contributed by atoms with E-state index in [2.05, 4.69) is 35.9 Å². The van der Waals surface area contributed by atoms with Gasteiger partial charge in [-0.2, -0.15) is 0 Å². The van der Waals surface area contributed by atoms with Gasteiger partial charge >= 0.3 is 0 Å². The van der Waals surface area contributed by atoms with Crippen molar-refractivity contribution in [2.24, 2.45) is 18.7 Å². The van der Waals surface area contributed by atoms with E-state index < -0.39 is 0 Å². The Balaban J connectivity index is 1.68. The van der Waals surface area contributed by atoms with E-state index in [0.29, 0.717) is 11.1 Å². The third-order valence-corrected chi connectivity index (χ3v) is 7.62. The molecule has 0 unspecified atom stereocenters. The molecule has 2 aromatic heterocycles. The van der Waals surface area contributed by atoms with Gasteiger partial charge in [-0.3, -0.25) is 14.9 Å². The Morgan fingerprint density at radius 2 is 1.59 bits per heavy atom. The van der Waals surface area contributed by atoms with E-state index in [1.54, 1.807) is 0 Å². The quantitative estimate of drug-likeness (QED) is 0.461. The summed E-state index contributed by atoms with van der Waals surface area (Å²) in [7, 11) is 1.96. The van der Waals surface area contributed by atoms with E-state index in [0.717, 1.165) is 58.0 Å². The van der Waals surface area contributed by atoms with E-state index in [4.69, 9.17) is 5.73 Å². The van der Waals surface area contributed by atoms with E-state index in [1.165, 1.54) is 0 Å². The van der Waals surface area contributed by atoms with Crippen molar-refractivity contribution in [3.63, 3.8) is 0 Å². The second kappa shape index (κ2) is 7.18. The average molecular weight is 453 g/mol. The van der Waals surface area contributed by atoms with Crippen molar-refractivity contribution in [3.05, 3.63) is 71.5 Å². The number of benzene rings is 2. The van der Waals surface area contributed by atoms with Crippen LogP contribution in [-0.4, -0.2) is 26.5 Å². The van der Waals surface area contributed by atoms with E-state index in [-0.39, 0.29) is 23.3 Å². The molecule has 34 heavy (non-hydrogen) atoms. The minimum atomic E-state index is -0.341. The summed E-state index contributed by atoms with van der Waals surface area (Å²) in [5, 5.41) is 4.56. The molecule has 2 aliphatic heterocycles. The highest BCUT2D eigenvalue weighted by Gasteiger charge is 2.39. The molecule has 0 radical (unpaired) electrons. The molecule has 0 aliphatic carbocycles. The minimum absolute atomic E-state index is 0.282. The maximum Gasteiger partial charge on any atom is 0.259 e. The second-order valence-electron chi connectivity index (χ2n) is 10.2. The van der Waals surface area contributed by atoms with Crippen molar-refractivity contribution in [1.82, 2.24) is 14.5 Å². The Morgan fingerprint density at radius 3 is 2.32 bits per heavy atom. The number of fused-ring (bicyclic) bond motifs is 4. The molecule has 2 amide bonds. The summed E-state index contributed by atoms with van der Waals surface area (Å²) in [5.41, 5.74) is 12.0. The smallest absolute Gasteiger partial charge is 0.259 e. The highest BCUT2D eigenvalue weighted by molar-refractivity contribution is 6.51. The Morgan fingerprint density at radius 1 is 0.941 bits per heavy atom. The van der Waals surface area contributed by atoms with Gasteiger partial charge in [0.05, 0.1) is 11.1 Å². The van der Waals surface area contributed by atoms with Crippen molar-refractivity contribution in [2.75, 3.05) is 0 Å². The summed E-state index contributed by atoms with van der Waals surface area (Å²) in [6.07, 6.45) is 3.70. The van der Waals surface area contributed by atoms with Gasteiger partial charge in [0.2, 0.25) is 0 Å². The second-order valence-corrected chi connectivity index (χ2v) is 10.2. The van der Waals surface area contributed by atoms with Crippen LogP contribution in [0.2, 0.25) is 0 Å². The Bertz CT molecular complexity index is 1540. The van der Waals surface area contributed by atoms with E-state index >= 15 is 0 Å². The number of para-hydroxylation sites is 2. The Kier molecular flexibility index (Phi) is 4.42. The molecule has 0 spiro atoms. The topological polar surface area (TPSA) is 82.0 Å². The lowest BCUT2D eigenvalue weighted by molar-refractivity contribution is -0.122. The lowest BCUT2D eigenvalue weighted by Gasteiger charge is -2.35. The molecule has 6 heteroatoms. The number of aryl methyl sites for hydroxylation is 2. The third-order valence-electron chi connectivity index (χ3n) is 7.62. The first kappa shape index (κ1) is 20.9. The van der Waals surface area contributed by atoms with Crippen molar-refractivity contribution >= 4 is 44.8 Å². The van der Waals surface area contributed by atoms with Crippen LogP contribution in [-0.2, 0) is 29.6 Å². The molecule has 0 saturated carbocycles. The molecule has 6 rings (SSSR count). The molecular formula is C28H28N4O2. The van der Waals surface area contributed by atoms with Crippen LogP contribution >= 0.6 is 0 Å². The maximum absolute atomic E-state index is 13.4. The fourth-order valence-electron chi connectivity index (χ4n) is 5.85. The van der Waals surface area contributed by atoms with E-state index in [1.807, 2.05) is 54.2 Å². The van der Waals surface area contributed by atoms with Crippen LogP contribution in [0.15, 0.2) is 54.7 Å². The molecule has 4 aromatic rings. The predicted octanol–water partition coefficient (Wildman–Crippen LogP) is 4.00. The number of nitrogens with one attached hydrogen (secondary N) is 1. The number of carbonyl (C=O) groups is 2. The molecule has 3 N–H and O–H groups in total. The van der Waals surface area contributed by atoms with Gasteiger partial charge in [0.1, 0.15) is 0 Å². The number of hydrogen-bond acceptors (Lipinski definition) is 3. The molecule has 1 atom stereocenters. The third kappa shape index (κ3) is 2.91. The standard InChI is InChI=1S/C28H28N4O2/c1-28(2,29)16-12-13-32-21-11-7-5-9-18(21)23(22(32)14-16)25-24(26(33)30-27(25)34)19-15-31(3)20-10-6-4-8-17(19)20/h4-11,15-16H,12-14,29H2,1-3H3,(H,30,33,34)/t16-/m0/s1. The van der Waals surface area contributed by atoms with Crippen LogP contribution in [0.5, 0.6) is 0 Å². The zero-order valence-electron chi connectivity index (χ0n) is 19.7. The number of aromatic nitrogens is 2. The van der Waals surface area contributed by atoms with Gasteiger partial charge in [-0.1, -0.05) is 36.4 Å². The molecule has 0 fully saturated rings. The predicted molar refractivity (Wildman–Crippen MR) is 135 cm³/mol. The lowest BCUT2D eigenvalue weighted by atomic mass is 9.79. The molecule has 0 saturated heterocycles. The largest absolute Gasteiger partial charge is 0.350 e. The van der Waals surface area contributed by atoms with Crippen molar-refractivity contribution < 1.29 is 9.59 Å². The summed E-state index contributed by atoms with van der Waals surface area (Å²) >= 11 is 0. The zero-order valence-corrected chi connectivity index (χ0v) is 19.7. The molecule has 4 heterocycles. The minimum Gasteiger partial charge on any atom is -0.350 e. The van der Waals surface area contributed by atoms with E-state index in [9.17, 15) is 9.59 Å². The zero-order chi connectivity index (χ0) is 23.8.